The standard InChI is InChI=1S/C9H14N6/c1-3-7-6(4-14(2)13-7)8-9(10)15(11)5-12-8/h4-5H,3,10-11H2,1-2H3. The van der Waals surface area contributed by atoms with Crippen molar-refractivity contribution in [1.29, 1.82) is 0 Å². The molecule has 0 saturated heterocycles. The molecule has 2 aromatic rings. The van der Waals surface area contributed by atoms with Crippen molar-refractivity contribution >= 4 is 5.82 Å². The molecule has 0 unspecified atom stereocenters. The third-order valence-corrected chi connectivity index (χ3v) is 2.33. The number of aromatic nitrogens is 4. The first-order chi connectivity index (χ1) is 7.13. The topological polar surface area (TPSA) is 87.7 Å². The van der Waals surface area contributed by atoms with E-state index in [0.717, 1.165) is 17.7 Å². The van der Waals surface area contributed by atoms with E-state index in [9.17, 15) is 0 Å². The highest BCUT2D eigenvalue weighted by atomic mass is 15.3. The third kappa shape index (κ3) is 1.43. The van der Waals surface area contributed by atoms with Gasteiger partial charge in [0.25, 0.3) is 0 Å². The van der Waals surface area contributed by atoms with Crippen molar-refractivity contribution in [3.63, 3.8) is 0 Å². The molecule has 0 aliphatic rings. The summed E-state index contributed by atoms with van der Waals surface area (Å²) in [6.45, 7) is 2.04. The van der Waals surface area contributed by atoms with Crippen LogP contribution in [0.5, 0.6) is 0 Å². The minimum absolute atomic E-state index is 0.456. The Morgan fingerprint density at radius 1 is 1.47 bits per heavy atom. The summed E-state index contributed by atoms with van der Waals surface area (Å²) >= 11 is 0. The average molecular weight is 206 g/mol. The van der Waals surface area contributed by atoms with Gasteiger partial charge in [0, 0.05) is 18.8 Å². The number of nitrogens with two attached hydrogens (primary N) is 2. The van der Waals surface area contributed by atoms with Gasteiger partial charge >= 0.3 is 0 Å². The first kappa shape index (κ1) is 9.57. The molecule has 0 amide bonds. The van der Waals surface area contributed by atoms with Gasteiger partial charge in [-0.25, -0.2) is 9.66 Å². The van der Waals surface area contributed by atoms with Gasteiger partial charge in [-0.05, 0) is 6.42 Å². The largest absolute Gasteiger partial charge is 0.382 e. The van der Waals surface area contributed by atoms with E-state index in [2.05, 4.69) is 10.1 Å². The lowest BCUT2D eigenvalue weighted by molar-refractivity contribution is 0.746. The fourth-order valence-corrected chi connectivity index (χ4v) is 1.57. The highest BCUT2D eigenvalue weighted by Gasteiger charge is 2.14. The van der Waals surface area contributed by atoms with Crippen molar-refractivity contribution in [2.24, 2.45) is 7.05 Å². The first-order valence-electron chi connectivity index (χ1n) is 4.74. The van der Waals surface area contributed by atoms with Crippen molar-refractivity contribution < 1.29 is 0 Å². The van der Waals surface area contributed by atoms with Crippen LogP contribution < -0.4 is 11.6 Å². The molecule has 80 valence electrons. The van der Waals surface area contributed by atoms with Crippen molar-refractivity contribution in [3.05, 3.63) is 18.2 Å². The minimum Gasteiger partial charge on any atom is -0.382 e. The lowest BCUT2D eigenvalue weighted by atomic mass is 10.1. The smallest absolute Gasteiger partial charge is 0.150 e. The Morgan fingerprint density at radius 2 is 2.20 bits per heavy atom. The zero-order chi connectivity index (χ0) is 11.0. The summed E-state index contributed by atoms with van der Waals surface area (Å²) in [5.41, 5.74) is 8.42. The second-order valence-corrected chi connectivity index (χ2v) is 3.40. The number of rotatable bonds is 2. The summed E-state index contributed by atoms with van der Waals surface area (Å²) in [6, 6.07) is 0. The van der Waals surface area contributed by atoms with Crippen LogP contribution in [0.15, 0.2) is 12.5 Å². The van der Waals surface area contributed by atoms with E-state index < -0.39 is 0 Å². The molecule has 0 aliphatic heterocycles. The zero-order valence-corrected chi connectivity index (χ0v) is 8.81. The molecule has 6 nitrogen and oxygen atoms in total. The van der Waals surface area contributed by atoms with Gasteiger partial charge in [0.05, 0.1) is 5.69 Å². The van der Waals surface area contributed by atoms with E-state index in [4.69, 9.17) is 11.6 Å². The fraction of sp³-hybridized carbons (Fsp3) is 0.333. The number of nitrogen functional groups attached to an aromatic ring is 2. The number of hydrogen-bond acceptors (Lipinski definition) is 4. The summed E-state index contributed by atoms with van der Waals surface area (Å²) in [5, 5.41) is 4.33. The van der Waals surface area contributed by atoms with Gasteiger partial charge in [-0.2, -0.15) is 5.10 Å². The summed E-state index contributed by atoms with van der Waals surface area (Å²) in [6.07, 6.45) is 4.24. The summed E-state index contributed by atoms with van der Waals surface area (Å²) in [4.78, 5) is 4.17. The van der Waals surface area contributed by atoms with Crippen LogP contribution in [-0.2, 0) is 13.5 Å². The molecule has 15 heavy (non-hydrogen) atoms. The third-order valence-electron chi connectivity index (χ3n) is 2.33. The Morgan fingerprint density at radius 3 is 2.73 bits per heavy atom. The molecule has 2 rings (SSSR count). The Hall–Kier alpha value is -1.98. The van der Waals surface area contributed by atoms with Crippen LogP contribution in [0.1, 0.15) is 12.6 Å². The second kappa shape index (κ2) is 3.30. The molecule has 0 fully saturated rings. The van der Waals surface area contributed by atoms with Gasteiger partial charge in [0.2, 0.25) is 0 Å². The van der Waals surface area contributed by atoms with Gasteiger partial charge in [0.15, 0.2) is 5.82 Å². The van der Waals surface area contributed by atoms with E-state index in [1.165, 1.54) is 11.0 Å². The molecule has 0 saturated carbocycles. The molecule has 0 radical (unpaired) electrons. The highest BCUT2D eigenvalue weighted by molar-refractivity contribution is 5.71. The molecular formula is C9H14N6. The van der Waals surface area contributed by atoms with Gasteiger partial charge in [-0.15, -0.1) is 0 Å². The summed E-state index contributed by atoms with van der Waals surface area (Å²) in [5.74, 6) is 6.03. The Bertz CT molecular complexity index is 481. The fourth-order valence-electron chi connectivity index (χ4n) is 1.57. The van der Waals surface area contributed by atoms with Crippen LogP contribution >= 0.6 is 0 Å². The lowest BCUT2D eigenvalue weighted by Crippen LogP contribution is -2.10. The molecular weight excluding hydrogens is 192 g/mol. The maximum Gasteiger partial charge on any atom is 0.150 e. The first-order valence-corrected chi connectivity index (χ1v) is 4.74. The molecule has 2 aromatic heterocycles. The molecule has 4 N–H and O–H groups in total. The molecule has 0 aliphatic carbocycles. The molecule has 0 aromatic carbocycles. The number of nitrogens with zero attached hydrogens (tertiary/aromatic N) is 4. The van der Waals surface area contributed by atoms with Gasteiger partial charge in [-0.1, -0.05) is 6.92 Å². The zero-order valence-electron chi connectivity index (χ0n) is 8.81. The quantitative estimate of drug-likeness (QED) is 0.684. The van der Waals surface area contributed by atoms with Crippen LogP contribution in [0.4, 0.5) is 5.82 Å². The monoisotopic (exact) mass is 206 g/mol. The van der Waals surface area contributed by atoms with E-state index in [1.807, 2.05) is 20.2 Å². The minimum atomic E-state index is 0.456. The molecule has 6 heteroatoms. The van der Waals surface area contributed by atoms with Crippen molar-refractivity contribution in [2.45, 2.75) is 13.3 Å². The number of hydrogen-bond donors (Lipinski definition) is 2. The molecule has 0 spiro atoms. The maximum absolute atomic E-state index is 5.81. The average Bonchev–Trinajstić information content (AvgIpc) is 2.72. The SMILES string of the molecule is CCc1nn(C)cc1-c1ncn(N)c1N. The Kier molecular flexibility index (Phi) is 2.11. The van der Waals surface area contributed by atoms with Crippen LogP contribution in [0, 0.1) is 0 Å². The Labute approximate surface area is 87.5 Å². The number of anilines is 1. The van der Waals surface area contributed by atoms with Gasteiger partial charge in [-0.3, -0.25) is 4.68 Å². The van der Waals surface area contributed by atoms with E-state index in [1.54, 1.807) is 4.68 Å². The van der Waals surface area contributed by atoms with Gasteiger partial charge in [0.1, 0.15) is 12.0 Å². The van der Waals surface area contributed by atoms with Crippen LogP contribution in [-0.4, -0.2) is 19.4 Å². The normalized spacial score (nSPS) is 10.8. The van der Waals surface area contributed by atoms with E-state index in [0.29, 0.717) is 11.5 Å². The lowest BCUT2D eigenvalue weighted by Gasteiger charge is -1.98. The van der Waals surface area contributed by atoms with E-state index >= 15 is 0 Å². The van der Waals surface area contributed by atoms with Gasteiger partial charge < -0.3 is 11.6 Å². The van der Waals surface area contributed by atoms with Crippen LogP contribution in [0.3, 0.4) is 0 Å². The maximum atomic E-state index is 5.81. The Balaban J connectivity index is 2.57. The summed E-state index contributed by atoms with van der Waals surface area (Å²) < 4.78 is 3.06. The second-order valence-electron chi connectivity index (χ2n) is 3.40. The molecule has 0 bridgehead atoms. The van der Waals surface area contributed by atoms with Crippen molar-refractivity contribution in [3.8, 4) is 11.3 Å². The van der Waals surface area contributed by atoms with Crippen molar-refractivity contribution in [2.75, 3.05) is 11.6 Å². The number of aryl methyl sites for hydroxylation is 2. The van der Waals surface area contributed by atoms with Crippen LogP contribution in [0.25, 0.3) is 11.3 Å². The number of imidazole rings is 1. The van der Waals surface area contributed by atoms with E-state index in [-0.39, 0.29) is 0 Å². The predicted octanol–water partition coefficient (Wildman–Crippen LogP) is 0.142. The molecule has 0 atom stereocenters. The highest BCUT2D eigenvalue weighted by Crippen LogP contribution is 2.25. The predicted molar refractivity (Wildman–Crippen MR) is 58.4 cm³/mol. The molecule has 2 heterocycles. The summed E-state index contributed by atoms with van der Waals surface area (Å²) in [7, 11) is 1.87. The van der Waals surface area contributed by atoms with Crippen LogP contribution in [0.2, 0.25) is 0 Å². The van der Waals surface area contributed by atoms with Crippen molar-refractivity contribution in [1.82, 2.24) is 19.4 Å².